The summed E-state index contributed by atoms with van der Waals surface area (Å²) in [7, 11) is 3.07. The van der Waals surface area contributed by atoms with Crippen molar-refractivity contribution in [2.45, 2.75) is 19.4 Å². The van der Waals surface area contributed by atoms with Crippen molar-refractivity contribution in [3.05, 3.63) is 35.4 Å². The van der Waals surface area contributed by atoms with Crippen LogP contribution in [-0.2, 0) is 32.0 Å². The molecule has 0 aliphatic heterocycles. The Morgan fingerprint density at radius 1 is 1.11 bits per heavy atom. The molecule has 0 aliphatic carbocycles. The summed E-state index contributed by atoms with van der Waals surface area (Å²) in [5.74, 6) is -0.234. The molecule has 1 rings (SSSR count). The number of hydrogen-bond donors (Lipinski definition) is 0. The Labute approximate surface area is 108 Å². The first-order valence-corrected chi connectivity index (χ1v) is 5.98. The third-order valence-electron chi connectivity index (χ3n) is 2.58. The molecule has 0 saturated heterocycles. The molecule has 0 aliphatic rings. The minimum atomic E-state index is -0.234. The largest absolute Gasteiger partial charge is 0.469 e. The van der Waals surface area contributed by atoms with E-state index in [4.69, 9.17) is 9.47 Å². The Morgan fingerprint density at radius 3 is 2.50 bits per heavy atom. The van der Waals surface area contributed by atoms with Gasteiger partial charge in [0.05, 0.1) is 20.1 Å². The van der Waals surface area contributed by atoms with E-state index in [0.29, 0.717) is 19.8 Å². The first-order valence-electron chi connectivity index (χ1n) is 5.98. The topological polar surface area (TPSA) is 44.8 Å². The fourth-order valence-corrected chi connectivity index (χ4v) is 1.59. The van der Waals surface area contributed by atoms with Gasteiger partial charge in [-0.05, 0) is 17.5 Å². The molecule has 0 spiro atoms. The first kappa shape index (κ1) is 14.7. The fourth-order valence-electron chi connectivity index (χ4n) is 1.59. The second kappa shape index (κ2) is 8.66. The van der Waals surface area contributed by atoms with Crippen LogP contribution < -0.4 is 0 Å². The highest BCUT2D eigenvalue weighted by Gasteiger charge is 2.07. The van der Waals surface area contributed by atoms with Crippen LogP contribution in [0, 0.1) is 0 Å². The number of benzene rings is 1. The number of carbonyl (C=O) groups excluding carboxylic acids is 1. The van der Waals surface area contributed by atoms with Gasteiger partial charge in [0.15, 0.2) is 0 Å². The molecule has 0 amide bonds. The summed E-state index contributed by atoms with van der Waals surface area (Å²) in [6.45, 7) is 1.86. The van der Waals surface area contributed by atoms with Crippen molar-refractivity contribution in [1.82, 2.24) is 0 Å². The van der Waals surface area contributed by atoms with Gasteiger partial charge in [0.25, 0.3) is 0 Å². The van der Waals surface area contributed by atoms with Crippen LogP contribution >= 0.6 is 0 Å². The maximum Gasteiger partial charge on any atom is 0.309 e. The number of ether oxygens (including phenoxy) is 3. The molecule has 0 heterocycles. The zero-order valence-corrected chi connectivity index (χ0v) is 11.0. The highest BCUT2D eigenvalue weighted by molar-refractivity contribution is 5.72. The van der Waals surface area contributed by atoms with Crippen molar-refractivity contribution in [2.75, 3.05) is 27.4 Å². The van der Waals surface area contributed by atoms with Crippen LogP contribution in [0.15, 0.2) is 24.3 Å². The van der Waals surface area contributed by atoms with E-state index < -0.39 is 0 Å². The van der Waals surface area contributed by atoms with E-state index in [1.165, 1.54) is 7.11 Å². The van der Waals surface area contributed by atoms with E-state index in [0.717, 1.165) is 17.5 Å². The van der Waals surface area contributed by atoms with Crippen LogP contribution in [0.25, 0.3) is 0 Å². The Morgan fingerprint density at radius 2 is 1.83 bits per heavy atom. The maximum absolute atomic E-state index is 11.3. The van der Waals surface area contributed by atoms with Crippen molar-refractivity contribution in [1.29, 1.82) is 0 Å². The molecular weight excluding hydrogens is 232 g/mol. The van der Waals surface area contributed by atoms with Gasteiger partial charge in [-0.15, -0.1) is 0 Å². The molecule has 0 atom stereocenters. The van der Waals surface area contributed by atoms with Gasteiger partial charge in [0.1, 0.15) is 0 Å². The lowest BCUT2D eigenvalue weighted by Crippen LogP contribution is -2.08. The standard InChI is InChI=1S/C14H20O4/c1-16-8-5-9-18-11-13-7-4-3-6-12(13)10-14(15)17-2/h3-4,6-7H,5,8-11H2,1-2H3. The second-order valence-corrected chi connectivity index (χ2v) is 3.92. The van der Waals surface area contributed by atoms with Crippen LogP contribution in [0.3, 0.4) is 0 Å². The molecule has 0 unspecified atom stereocenters. The van der Waals surface area contributed by atoms with Gasteiger partial charge < -0.3 is 14.2 Å². The van der Waals surface area contributed by atoms with Crippen molar-refractivity contribution in [3.8, 4) is 0 Å². The zero-order chi connectivity index (χ0) is 13.2. The molecule has 18 heavy (non-hydrogen) atoms. The third kappa shape index (κ3) is 5.29. The average Bonchev–Trinajstić information content (AvgIpc) is 2.40. The number of methoxy groups -OCH3 is 2. The SMILES string of the molecule is COCCCOCc1ccccc1CC(=O)OC. The lowest BCUT2D eigenvalue weighted by molar-refractivity contribution is -0.139. The normalized spacial score (nSPS) is 10.3. The molecule has 0 bridgehead atoms. The molecule has 1 aromatic rings. The molecule has 1 aromatic carbocycles. The fraction of sp³-hybridized carbons (Fsp3) is 0.500. The van der Waals surface area contributed by atoms with Gasteiger partial charge in [-0.1, -0.05) is 24.3 Å². The number of esters is 1. The minimum absolute atomic E-state index is 0.234. The van der Waals surface area contributed by atoms with Crippen LogP contribution in [-0.4, -0.2) is 33.4 Å². The maximum atomic E-state index is 11.3. The molecule has 0 N–H and O–H groups in total. The summed E-state index contributed by atoms with van der Waals surface area (Å²) < 4.78 is 15.2. The average molecular weight is 252 g/mol. The second-order valence-electron chi connectivity index (χ2n) is 3.92. The van der Waals surface area contributed by atoms with E-state index >= 15 is 0 Å². The number of hydrogen-bond acceptors (Lipinski definition) is 4. The van der Waals surface area contributed by atoms with Crippen LogP contribution in [0.2, 0.25) is 0 Å². The lowest BCUT2D eigenvalue weighted by Gasteiger charge is -2.09. The Balaban J connectivity index is 2.46. The summed E-state index contributed by atoms with van der Waals surface area (Å²) in [5.41, 5.74) is 1.98. The highest BCUT2D eigenvalue weighted by Crippen LogP contribution is 2.11. The first-order chi connectivity index (χ1) is 8.77. The van der Waals surface area contributed by atoms with Gasteiger partial charge in [-0.25, -0.2) is 0 Å². The number of rotatable bonds is 8. The van der Waals surface area contributed by atoms with E-state index in [9.17, 15) is 4.79 Å². The molecular formula is C14H20O4. The molecule has 4 heteroatoms. The minimum Gasteiger partial charge on any atom is -0.469 e. The van der Waals surface area contributed by atoms with E-state index in [1.807, 2.05) is 24.3 Å². The Kier molecular flexibility index (Phi) is 7.06. The molecule has 0 radical (unpaired) electrons. The van der Waals surface area contributed by atoms with Gasteiger partial charge >= 0.3 is 5.97 Å². The summed E-state index contributed by atoms with van der Waals surface area (Å²) in [4.78, 5) is 11.3. The van der Waals surface area contributed by atoms with Crippen LogP contribution in [0.1, 0.15) is 17.5 Å². The smallest absolute Gasteiger partial charge is 0.309 e. The summed E-state index contributed by atoms with van der Waals surface area (Å²) >= 11 is 0. The summed E-state index contributed by atoms with van der Waals surface area (Å²) in [5, 5.41) is 0. The molecule has 0 fully saturated rings. The molecule has 100 valence electrons. The van der Waals surface area contributed by atoms with Crippen LogP contribution in [0.4, 0.5) is 0 Å². The van der Waals surface area contributed by atoms with Gasteiger partial charge in [-0.2, -0.15) is 0 Å². The van der Waals surface area contributed by atoms with Crippen LogP contribution in [0.5, 0.6) is 0 Å². The van der Waals surface area contributed by atoms with Crippen molar-refractivity contribution in [3.63, 3.8) is 0 Å². The van der Waals surface area contributed by atoms with Gasteiger partial charge in [0.2, 0.25) is 0 Å². The number of carbonyl (C=O) groups is 1. The van der Waals surface area contributed by atoms with E-state index in [1.54, 1.807) is 7.11 Å². The predicted molar refractivity (Wildman–Crippen MR) is 68.3 cm³/mol. The lowest BCUT2D eigenvalue weighted by atomic mass is 10.1. The van der Waals surface area contributed by atoms with E-state index in [-0.39, 0.29) is 12.4 Å². The van der Waals surface area contributed by atoms with Gasteiger partial charge in [0, 0.05) is 20.3 Å². The van der Waals surface area contributed by atoms with E-state index in [2.05, 4.69) is 4.74 Å². The summed E-state index contributed by atoms with van der Waals surface area (Å²) in [6, 6.07) is 7.74. The zero-order valence-electron chi connectivity index (χ0n) is 11.0. The van der Waals surface area contributed by atoms with Crippen molar-refractivity contribution >= 4 is 5.97 Å². The Bertz CT molecular complexity index is 363. The third-order valence-corrected chi connectivity index (χ3v) is 2.58. The molecule has 0 saturated carbocycles. The predicted octanol–water partition coefficient (Wildman–Crippen LogP) is 1.96. The quantitative estimate of drug-likeness (QED) is 0.524. The van der Waals surface area contributed by atoms with Gasteiger partial charge in [-0.3, -0.25) is 4.79 Å². The molecule has 4 nitrogen and oxygen atoms in total. The molecule has 0 aromatic heterocycles. The highest BCUT2D eigenvalue weighted by atomic mass is 16.5. The summed E-state index contributed by atoms with van der Waals surface area (Å²) in [6.07, 6.45) is 1.16. The Hall–Kier alpha value is -1.39. The monoisotopic (exact) mass is 252 g/mol. The van der Waals surface area contributed by atoms with Crippen molar-refractivity contribution in [2.24, 2.45) is 0 Å². The van der Waals surface area contributed by atoms with Crippen molar-refractivity contribution < 1.29 is 19.0 Å².